The number of fused-ring (bicyclic) bond motifs is 4. The topological polar surface area (TPSA) is 35.5 Å². The number of methoxy groups -OCH3 is 1. The van der Waals surface area contributed by atoms with Crippen LogP contribution in [0.15, 0.2) is 35.4 Å². The van der Waals surface area contributed by atoms with E-state index in [0.29, 0.717) is 12.2 Å². The van der Waals surface area contributed by atoms with Gasteiger partial charge in [-0.25, -0.2) is 0 Å². The van der Waals surface area contributed by atoms with Crippen LogP contribution in [0.5, 0.6) is 11.5 Å². The van der Waals surface area contributed by atoms with Crippen LogP contribution in [0.4, 0.5) is 0 Å². The number of carbonyl (C=O) groups is 1. The first-order chi connectivity index (χ1) is 10.2. The predicted octanol–water partition coefficient (Wildman–Crippen LogP) is 3.54. The minimum atomic E-state index is -0.000411. The van der Waals surface area contributed by atoms with Crippen molar-refractivity contribution in [2.45, 2.75) is 32.3 Å². The molecule has 1 aliphatic heterocycles. The van der Waals surface area contributed by atoms with Crippen molar-refractivity contribution in [3.05, 3.63) is 41.0 Å². The highest BCUT2D eigenvalue weighted by molar-refractivity contribution is 5.94. The van der Waals surface area contributed by atoms with E-state index in [0.717, 1.165) is 29.9 Å². The fraction of sp³-hybridized carbons (Fsp3) is 0.389. The van der Waals surface area contributed by atoms with Crippen molar-refractivity contribution in [1.82, 2.24) is 0 Å². The molecule has 4 rings (SSSR count). The van der Waals surface area contributed by atoms with Crippen LogP contribution in [0.1, 0.15) is 31.7 Å². The van der Waals surface area contributed by atoms with Crippen LogP contribution in [-0.2, 0) is 4.79 Å². The quantitative estimate of drug-likeness (QED) is 0.790. The Kier molecular flexibility index (Phi) is 2.71. The minimum absolute atomic E-state index is 0.000411. The summed E-state index contributed by atoms with van der Waals surface area (Å²) in [5.74, 6) is 2.18. The average Bonchev–Trinajstić information content (AvgIpc) is 2.88. The number of benzene rings is 1. The molecule has 21 heavy (non-hydrogen) atoms. The molecule has 1 heterocycles. The summed E-state index contributed by atoms with van der Waals surface area (Å²) >= 11 is 0. The molecule has 0 saturated carbocycles. The van der Waals surface area contributed by atoms with Gasteiger partial charge in [0.15, 0.2) is 0 Å². The van der Waals surface area contributed by atoms with Crippen molar-refractivity contribution in [2.24, 2.45) is 5.92 Å². The molecule has 3 heteroatoms. The van der Waals surface area contributed by atoms with Crippen LogP contribution >= 0.6 is 0 Å². The van der Waals surface area contributed by atoms with Crippen LogP contribution in [0, 0.1) is 5.92 Å². The summed E-state index contributed by atoms with van der Waals surface area (Å²) in [5.41, 5.74) is 4.97. The van der Waals surface area contributed by atoms with E-state index >= 15 is 0 Å². The van der Waals surface area contributed by atoms with E-state index in [9.17, 15) is 4.79 Å². The molecule has 3 aliphatic rings. The maximum atomic E-state index is 12.0. The number of rotatable bonds is 1. The number of hydrogen-bond donors (Lipinski definition) is 0. The Hall–Kier alpha value is -2.03. The second-order valence-electron chi connectivity index (χ2n) is 5.94. The molecule has 0 unspecified atom stereocenters. The molecule has 0 saturated heterocycles. The fourth-order valence-corrected chi connectivity index (χ4v) is 3.87. The van der Waals surface area contributed by atoms with Crippen LogP contribution in [0.2, 0.25) is 0 Å². The van der Waals surface area contributed by atoms with Gasteiger partial charge in [-0.2, -0.15) is 0 Å². The first-order valence-electron chi connectivity index (χ1n) is 7.50. The molecular formula is C18H18O3. The summed E-state index contributed by atoms with van der Waals surface area (Å²) in [6, 6.07) is 6.01. The summed E-state index contributed by atoms with van der Waals surface area (Å²) in [5, 5.41) is 0. The summed E-state index contributed by atoms with van der Waals surface area (Å²) < 4.78 is 11.4. The molecule has 2 atom stereocenters. The summed E-state index contributed by atoms with van der Waals surface area (Å²) in [6.07, 6.45) is 4.58. The molecule has 2 aliphatic carbocycles. The van der Waals surface area contributed by atoms with E-state index < -0.39 is 0 Å². The molecular weight excluding hydrogens is 264 g/mol. The van der Waals surface area contributed by atoms with Crippen molar-refractivity contribution < 1.29 is 14.3 Å². The zero-order valence-electron chi connectivity index (χ0n) is 12.3. The van der Waals surface area contributed by atoms with Crippen LogP contribution in [0.25, 0.3) is 5.57 Å². The van der Waals surface area contributed by atoms with Gasteiger partial charge >= 0.3 is 0 Å². The molecule has 1 aromatic carbocycles. The van der Waals surface area contributed by atoms with Crippen molar-refractivity contribution in [3.63, 3.8) is 0 Å². The maximum absolute atomic E-state index is 12.0. The minimum Gasteiger partial charge on any atom is -0.497 e. The normalized spacial score (nSPS) is 26.6. The van der Waals surface area contributed by atoms with E-state index in [1.54, 1.807) is 7.11 Å². The first-order valence-corrected chi connectivity index (χ1v) is 7.50. The van der Waals surface area contributed by atoms with E-state index in [1.165, 1.54) is 16.7 Å². The van der Waals surface area contributed by atoms with E-state index in [2.05, 4.69) is 19.1 Å². The Bertz CT molecular complexity index is 696. The van der Waals surface area contributed by atoms with Crippen LogP contribution < -0.4 is 9.47 Å². The summed E-state index contributed by atoms with van der Waals surface area (Å²) in [6.45, 7) is 2.07. The van der Waals surface area contributed by atoms with Gasteiger partial charge in [0.1, 0.15) is 23.4 Å². The molecule has 3 nitrogen and oxygen atoms in total. The highest BCUT2D eigenvalue weighted by Crippen LogP contribution is 2.49. The maximum Gasteiger partial charge on any atom is 0.144 e. The second-order valence-corrected chi connectivity index (χ2v) is 5.94. The fourth-order valence-electron chi connectivity index (χ4n) is 3.87. The van der Waals surface area contributed by atoms with Gasteiger partial charge in [0.2, 0.25) is 0 Å². The Morgan fingerprint density at radius 1 is 1.33 bits per heavy atom. The zero-order chi connectivity index (χ0) is 14.6. The number of allylic oxidation sites excluding steroid dienone is 2. The SMILES string of the molecule is COc1ccc2c(c1)O[C@@H](C)C1=C2CC[C@@H]2C(=O)CC=C12. The third-order valence-corrected chi connectivity index (χ3v) is 4.83. The van der Waals surface area contributed by atoms with Gasteiger partial charge in [0.05, 0.1) is 7.11 Å². The molecule has 108 valence electrons. The lowest BCUT2D eigenvalue weighted by Crippen LogP contribution is -2.28. The standard InChI is InChI=1S/C18H18O3/c1-10-18-14-7-8-16(19)12(14)5-6-15(18)13-4-3-11(20-2)9-17(13)21-10/h3-4,7,9-10,12H,5-6,8H2,1-2H3/t10-,12-/m0/s1. The van der Waals surface area contributed by atoms with Crippen molar-refractivity contribution in [3.8, 4) is 11.5 Å². The van der Waals surface area contributed by atoms with Crippen molar-refractivity contribution >= 4 is 11.4 Å². The molecule has 0 amide bonds. The number of hydrogen-bond acceptors (Lipinski definition) is 3. The summed E-state index contributed by atoms with van der Waals surface area (Å²) in [7, 11) is 1.67. The van der Waals surface area contributed by atoms with Gasteiger partial charge in [-0.05, 0) is 48.6 Å². The Balaban J connectivity index is 1.87. The van der Waals surface area contributed by atoms with Crippen LogP contribution in [0.3, 0.4) is 0 Å². The summed E-state index contributed by atoms with van der Waals surface area (Å²) in [4.78, 5) is 12.0. The predicted molar refractivity (Wildman–Crippen MR) is 80.4 cm³/mol. The van der Waals surface area contributed by atoms with Gasteiger partial charge in [-0.3, -0.25) is 4.79 Å². The van der Waals surface area contributed by atoms with Crippen molar-refractivity contribution in [1.29, 1.82) is 0 Å². The smallest absolute Gasteiger partial charge is 0.144 e. The third-order valence-electron chi connectivity index (χ3n) is 4.83. The lowest BCUT2D eigenvalue weighted by atomic mass is 9.75. The highest BCUT2D eigenvalue weighted by atomic mass is 16.5. The molecule has 0 radical (unpaired) electrons. The molecule has 0 spiro atoms. The van der Waals surface area contributed by atoms with Gasteiger partial charge in [0.25, 0.3) is 0 Å². The lowest BCUT2D eigenvalue weighted by molar-refractivity contribution is -0.120. The Labute approximate surface area is 124 Å². The van der Waals surface area contributed by atoms with E-state index in [1.807, 2.05) is 12.1 Å². The zero-order valence-corrected chi connectivity index (χ0v) is 12.3. The monoisotopic (exact) mass is 282 g/mol. The lowest BCUT2D eigenvalue weighted by Gasteiger charge is -2.35. The van der Waals surface area contributed by atoms with E-state index in [4.69, 9.17) is 9.47 Å². The molecule has 0 bridgehead atoms. The van der Waals surface area contributed by atoms with Gasteiger partial charge in [-0.15, -0.1) is 0 Å². The molecule has 1 aromatic rings. The number of Topliss-reactive ketones (excluding diaryl/α,β-unsaturated/α-hetero) is 1. The second kappa shape index (κ2) is 4.48. The molecule has 0 aromatic heterocycles. The van der Waals surface area contributed by atoms with Crippen LogP contribution in [-0.4, -0.2) is 19.0 Å². The Morgan fingerprint density at radius 3 is 3.00 bits per heavy atom. The average molecular weight is 282 g/mol. The number of ketones is 1. The van der Waals surface area contributed by atoms with E-state index in [-0.39, 0.29) is 12.0 Å². The first kappa shape index (κ1) is 12.7. The largest absolute Gasteiger partial charge is 0.497 e. The van der Waals surface area contributed by atoms with Crippen molar-refractivity contribution in [2.75, 3.05) is 7.11 Å². The number of carbonyl (C=O) groups excluding carboxylic acids is 1. The number of ether oxygens (including phenoxy) is 2. The van der Waals surface area contributed by atoms with Gasteiger partial charge in [0, 0.05) is 24.0 Å². The van der Waals surface area contributed by atoms with Gasteiger partial charge in [-0.1, -0.05) is 6.08 Å². The van der Waals surface area contributed by atoms with Gasteiger partial charge < -0.3 is 9.47 Å². The Morgan fingerprint density at radius 2 is 2.19 bits per heavy atom. The molecule has 0 N–H and O–H groups in total. The molecule has 0 fully saturated rings. The third kappa shape index (κ3) is 1.76. The highest BCUT2D eigenvalue weighted by Gasteiger charge is 2.39.